The summed E-state index contributed by atoms with van der Waals surface area (Å²) in [6.45, 7) is 3.78. The molecule has 3 amide bonds. The summed E-state index contributed by atoms with van der Waals surface area (Å²) in [5.41, 5.74) is 3.29. The van der Waals surface area contributed by atoms with Gasteiger partial charge in [0.1, 0.15) is 18.6 Å². The van der Waals surface area contributed by atoms with Gasteiger partial charge in [-0.2, -0.15) is 0 Å². The molecule has 0 aromatic heterocycles. The molecular formula is C20H32N4O10S. The standard InChI is InChI=1S/C20H32N4O10S/c1-8(2)14(28)20(15(29)9(3)16(30)24-20)19(34)35-7-11(17(31)22-6-13(26)27)23-12(25)5-4-10(21)18(32)33/h8-11,14-15,28-29H,4-7,21H2,1-3H3,(H,22,31)(H,23,25)(H,24,30)(H,26,27)(H,32,33)/t9-,10?,11?,14?,15?,20-/m1/s1. The number of rotatable bonds is 13. The molecule has 0 spiro atoms. The molecule has 4 unspecified atom stereocenters. The van der Waals surface area contributed by atoms with E-state index in [0.717, 1.165) is 0 Å². The van der Waals surface area contributed by atoms with Crippen LogP contribution in [-0.2, 0) is 28.8 Å². The summed E-state index contributed by atoms with van der Waals surface area (Å²) in [6.07, 6.45) is -3.65. The van der Waals surface area contributed by atoms with Crippen molar-refractivity contribution in [2.45, 2.75) is 63.4 Å². The zero-order chi connectivity index (χ0) is 27.1. The van der Waals surface area contributed by atoms with E-state index in [1.807, 2.05) is 0 Å². The molecule has 1 heterocycles. The smallest absolute Gasteiger partial charge is 0.322 e. The summed E-state index contributed by atoms with van der Waals surface area (Å²) >= 11 is 0.453. The minimum Gasteiger partial charge on any atom is -0.480 e. The second-order valence-corrected chi connectivity index (χ2v) is 9.59. The Labute approximate surface area is 205 Å². The highest BCUT2D eigenvalue weighted by Crippen LogP contribution is 2.36. The van der Waals surface area contributed by atoms with Crippen LogP contribution < -0.4 is 21.7 Å². The number of carboxylic acids is 2. The van der Waals surface area contributed by atoms with Gasteiger partial charge in [0.2, 0.25) is 22.8 Å². The molecule has 0 saturated carbocycles. The molecule has 15 heteroatoms. The molecule has 1 aliphatic heterocycles. The van der Waals surface area contributed by atoms with E-state index < -0.39 is 88.7 Å². The number of hydrogen-bond donors (Lipinski definition) is 8. The van der Waals surface area contributed by atoms with E-state index >= 15 is 0 Å². The number of aliphatic hydroxyl groups is 2. The molecule has 1 fully saturated rings. The zero-order valence-corrected chi connectivity index (χ0v) is 20.3. The summed E-state index contributed by atoms with van der Waals surface area (Å²) in [5.74, 6) is -7.03. The van der Waals surface area contributed by atoms with E-state index in [1.165, 1.54) is 6.92 Å². The Morgan fingerprint density at radius 3 is 2.26 bits per heavy atom. The molecule has 0 aliphatic carbocycles. The summed E-state index contributed by atoms with van der Waals surface area (Å²) in [6, 6.07) is -2.75. The Morgan fingerprint density at radius 1 is 1.20 bits per heavy atom. The molecule has 1 aliphatic rings. The van der Waals surface area contributed by atoms with Gasteiger partial charge in [0.25, 0.3) is 0 Å². The average molecular weight is 521 g/mol. The highest BCUT2D eigenvalue weighted by atomic mass is 32.2. The third-order valence-corrected chi connectivity index (χ3v) is 6.67. The second-order valence-electron chi connectivity index (χ2n) is 8.59. The van der Waals surface area contributed by atoms with Crippen LogP contribution in [-0.4, -0.2) is 97.3 Å². The first kappa shape index (κ1) is 30.3. The van der Waals surface area contributed by atoms with Crippen LogP contribution in [0.15, 0.2) is 0 Å². The number of nitrogens with two attached hydrogens (primary N) is 1. The lowest BCUT2D eigenvalue weighted by Crippen LogP contribution is -2.64. The van der Waals surface area contributed by atoms with Crippen molar-refractivity contribution in [2.75, 3.05) is 12.3 Å². The first-order valence-corrected chi connectivity index (χ1v) is 11.8. The van der Waals surface area contributed by atoms with Crippen molar-refractivity contribution in [3.05, 3.63) is 0 Å². The van der Waals surface area contributed by atoms with Gasteiger partial charge in [0, 0.05) is 12.2 Å². The maximum absolute atomic E-state index is 13.2. The molecule has 1 saturated heterocycles. The Balaban J connectivity index is 3.04. The largest absolute Gasteiger partial charge is 0.480 e. The van der Waals surface area contributed by atoms with Crippen molar-refractivity contribution in [1.29, 1.82) is 0 Å². The summed E-state index contributed by atoms with van der Waals surface area (Å²) in [5, 5.41) is 44.8. The van der Waals surface area contributed by atoms with Gasteiger partial charge in [0.15, 0.2) is 5.54 Å². The van der Waals surface area contributed by atoms with Gasteiger partial charge < -0.3 is 42.1 Å². The SMILES string of the molecule is CC(C)C(O)[C@@]1(C(=O)SCC(NC(=O)CCC(N)C(=O)O)C(=O)NCC(=O)O)NC(=O)[C@H](C)C1O. The maximum Gasteiger partial charge on any atom is 0.322 e. The van der Waals surface area contributed by atoms with E-state index in [0.29, 0.717) is 11.8 Å². The fourth-order valence-corrected chi connectivity index (χ4v) is 4.50. The van der Waals surface area contributed by atoms with E-state index in [9.17, 15) is 39.0 Å². The quantitative estimate of drug-likeness (QED) is 0.121. The van der Waals surface area contributed by atoms with Gasteiger partial charge in [-0.25, -0.2) is 0 Å². The van der Waals surface area contributed by atoms with Gasteiger partial charge in [-0.3, -0.25) is 28.8 Å². The van der Waals surface area contributed by atoms with E-state index in [2.05, 4.69) is 16.0 Å². The highest BCUT2D eigenvalue weighted by molar-refractivity contribution is 8.13. The Hall–Kier alpha value is -2.75. The number of hydrogen-bond acceptors (Lipinski definition) is 10. The lowest BCUT2D eigenvalue weighted by molar-refractivity contribution is -0.139. The Kier molecular flexibility index (Phi) is 11.1. The van der Waals surface area contributed by atoms with Crippen LogP contribution in [0.3, 0.4) is 0 Å². The minimum atomic E-state index is -2.06. The molecule has 198 valence electrons. The van der Waals surface area contributed by atoms with Crippen LogP contribution in [0.1, 0.15) is 33.6 Å². The van der Waals surface area contributed by atoms with Gasteiger partial charge in [-0.1, -0.05) is 32.5 Å². The molecule has 1 rings (SSSR count). The third-order valence-electron chi connectivity index (χ3n) is 5.57. The van der Waals surface area contributed by atoms with E-state index in [-0.39, 0.29) is 12.8 Å². The Bertz CT molecular complexity index is 854. The number of aliphatic carboxylic acids is 2. The fraction of sp³-hybridized carbons (Fsp3) is 0.700. The van der Waals surface area contributed by atoms with Crippen LogP contribution >= 0.6 is 11.8 Å². The molecule has 14 nitrogen and oxygen atoms in total. The molecule has 35 heavy (non-hydrogen) atoms. The molecule has 0 bridgehead atoms. The van der Waals surface area contributed by atoms with Crippen molar-refractivity contribution in [1.82, 2.24) is 16.0 Å². The van der Waals surface area contributed by atoms with Gasteiger partial charge in [0.05, 0.1) is 18.1 Å². The summed E-state index contributed by atoms with van der Waals surface area (Å²) in [4.78, 5) is 71.6. The van der Waals surface area contributed by atoms with Crippen molar-refractivity contribution < 1.29 is 49.2 Å². The highest BCUT2D eigenvalue weighted by Gasteiger charge is 2.60. The van der Waals surface area contributed by atoms with Gasteiger partial charge in [-0.15, -0.1) is 0 Å². The number of thioether (sulfide) groups is 1. The van der Waals surface area contributed by atoms with Crippen LogP contribution in [0.2, 0.25) is 0 Å². The molecule has 0 aromatic carbocycles. The zero-order valence-electron chi connectivity index (χ0n) is 19.5. The van der Waals surface area contributed by atoms with Crippen molar-refractivity contribution in [3.63, 3.8) is 0 Å². The van der Waals surface area contributed by atoms with Crippen molar-refractivity contribution in [3.8, 4) is 0 Å². The molecular weight excluding hydrogens is 488 g/mol. The Morgan fingerprint density at radius 2 is 1.80 bits per heavy atom. The number of amides is 3. The topological polar surface area (TPSA) is 245 Å². The van der Waals surface area contributed by atoms with Crippen LogP contribution in [0.4, 0.5) is 0 Å². The lowest BCUT2D eigenvalue weighted by Gasteiger charge is -2.37. The number of nitrogens with one attached hydrogen (secondary N) is 3. The van der Waals surface area contributed by atoms with E-state index in [4.69, 9.17) is 15.9 Å². The number of carboxylic acid groups (broad SMARTS) is 2. The summed E-state index contributed by atoms with van der Waals surface area (Å²) in [7, 11) is 0. The average Bonchev–Trinajstić information content (AvgIpc) is 3.02. The van der Waals surface area contributed by atoms with Crippen molar-refractivity contribution in [2.24, 2.45) is 17.6 Å². The number of aliphatic hydroxyl groups excluding tert-OH is 2. The van der Waals surface area contributed by atoms with Crippen LogP contribution in [0.5, 0.6) is 0 Å². The van der Waals surface area contributed by atoms with Crippen LogP contribution in [0, 0.1) is 11.8 Å². The lowest BCUT2D eigenvalue weighted by atomic mass is 9.81. The first-order valence-electron chi connectivity index (χ1n) is 10.8. The van der Waals surface area contributed by atoms with Gasteiger partial charge >= 0.3 is 11.9 Å². The van der Waals surface area contributed by atoms with E-state index in [1.54, 1.807) is 13.8 Å². The molecule has 6 atom stereocenters. The first-order chi connectivity index (χ1) is 16.1. The predicted molar refractivity (Wildman–Crippen MR) is 122 cm³/mol. The second kappa shape index (κ2) is 12.8. The minimum absolute atomic E-state index is 0.240. The number of carbonyl (C=O) groups excluding carboxylic acids is 4. The monoisotopic (exact) mass is 520 g/mol. The normalized spacial score (nSPS) is 24.3. The third kappa shape index (κ3) is 7.62. The summed E-state index contributed by atoms with van der Waals surface area (Å²) < 4.78 is 0. The number of carbonyl (C=O) groups is 6. The van der Waals surface area contributed by atoms with Crippen LogP contribution in [0.25, 0.3) is 0 Å². The van der Waals surface area contributed by atoms with Gasteiger partial charge in [-0.05, 0) is 12.3 Å². The van der Waals surface area contributed by atoms with Crippen molar-refractivity contribution >= 4 is 46.5 Å². The maximum atomic E-state index is 13.2. The molecule has 0 aromatic rings. The molecule has 0 radical (unpaired) electrons. The molecule has 9 N–H and O–H groups in total. The predicted octanol–water partition coefficient (Wildman–Crippen LogP) is -2.99. The fourth-order valence-electron chi connectivity index (χ4n) is 3.42.